The van der Waals surface area contributed by atoms with Gasteiger partial charge in [0.15, 0.2) is 5.43 Å². The van der Waals surface area contributed by atoms with Crippen LogP contribution < -0.4 is 5.43 Å². The molecular weight excluding hydrogens is 303 g/mol. The minimum absolute atomic E-state index is 0.117. The van der Waals surface area contributed by atoms with E-state index in [-0.39, 0.29) is 5.43 Å². The maximum absolute atomic E-state index is 11.4. The fourth-order valence-electron chi connectivity index (χ4n) is 1.31. The molecule has 1 heterocycles. The van der Waals surface area contributed by atoms with Gasteiger partial charge in [-0.2, -0.15) is 0 Å². The van der Waals surface area contributed by atoms with E-state index >= 15 is 0 Å². The first-order valence-corrected chi connectivity index (χ1v) is 6.66. The summed E-state index contributed by atoms with van der Waals surface area (Å²) in [4.78, 5) is 11.4. The molecule has 1 atom stereocenters. The molecule has 1 aromatic rings. The highest BCUT2D eigenvalue weighted by Crippen LogP contribution is 2.26. The molecular formula is C13H14BrClO2. The molecule has 0 amide bonds. The highest BCUT2D eigenvalue weighted by molar-refractivity contribution is 9.09. The minimum atomic E-state index is -0.490. The van der Waals surface area contributed by atoms with Gasteiger partial charge in [-0.25, -0.2) is 0 Å². The third kappa shape index (κ3) is 4.92. The Morgan fingerprint density at radius 2 is 2.29 bits per heavy atom. The Morgan fingerprint density at radius 1 is 1.59 bits per heavy atom. The van der Waals surface area contributed by atoms with Crippen molar-refractivity contribution < 1.29 is 4.42 Å². The highest BCUT2D eigenvalue weighted by Gasteiger charge is 2.07. The van der Waals surface area contributed by atoms with Gasteiger partial charge in [-0.05, 0) is 19.4 Å². The molecule has 0 spiro atoms. The number of hydrogen-bond donors (Lipinski definition) is 0. The zero-order chi connectivity index (χ0) is 12.8. The molecule has 92 valence electrons. The van der Waals surface area contributed by atoms with Crippen LogP contribution in [0.1, 0.15) is 36.1 Å². The second-order valence-corrected chi connectivity index (χ2v) is 5.47. The highest BCUT2D eigenvalue weighted by atomic mass is 79.9. The first kappa shape index (κ1) is 14.3. The molecule has 0 aliphatic heterocycles. The summed E-state index contributed by atoms with van der Waals surface area (Å²) in [6, 6.07) is 2.81. The Morgan fingerprint density at radius 3 is 2.88 bits per heavy atom. The van der Waals surface area contributed by atoms with Crippen molar-refractivity contribution in [1.82, 2.24) is 0 Å². The molecule has 0 N–H and O–H groups in total. The predicted molar refractivity (Wildman–Crippen MR) is 75.6 cm³/mol. The predicted octanol–water partition coefficient (Wildman–Crippen LogP) is 4.64. The fourth-order valence-corrected chi connectivity index (χ4v) is 1.64. The van der Waals surface area contributed by atoms with Crippen molar-refractivity contribution in [2.75, 3.05) is 0 Å². The average Bonchev–Trinajstić information content (AvgIpc) is 2.26. The standard InChI is InChI=1S/C13H14BrClO2/c1-3-4-9(2)5-6-11-7-10(16)8-12(17-11)13(14)15/h4-8,13H,3H2,1-2H3/b6-5?,9-4+/t13-/m0/s1. The number of hydrogen-bond acceptors (Lipinski definition) is 2. The Hall–Kier alpha value is -0.800. The SMILES string of the molecule is CC/C=C(\C)C=Cc1cc(=O)cc([C@H](Cl)Br)o1. The first-order chi connectivity index (χ1) is 8.02. The lowest BCUT2D eigenvalue weighted by Crippen LogP contribution is -2.00. The van der Waals surface area contributed by atoms with Gasteiger partial charge in [0, 0.05) is 12.1 Å². The molecule has 1 rings (SSSR count). The molecule has 0 bridgehead atoms. The molecule has 0 aliphatic rings. The number of halogens is 2. The van der Waals surface area contributed by atoms with E-state index in [0.29, 0.717) is 11.5 Å². The third-order valence-corrected chi connectivity index (χ3v) is 2.72. The van der Waals surface area contributed by atoms with Crippen LogP contribution in [0.4, 0.5) is 0 Å². The van der Waals surface area contributed by atoms with Crippen LogP contribution in [0.15, 0.2) is 39.1 Å². The van der Waals surface area contributed by atoms with Crippen LogP contribution in [0, 0.1) is 0 Å². The van der Waals surface area contributed by atoms with Crippen LogP contribution in [-0.2, 0) is 0 Å². The van der Waals surface area contributed by atoms with Crippen LogP contribution in [0.2, 0.25) is 0 Å². The van der Waals surface area contributed by atoms with Crippen LogP contribution in [0.3, 0.4) is 0 Å². The van der Waals surface area contributed by atoms with E-state index in [0.717, 1.165) is 12.0 Å². The molecule has 2 nitrogen and oxygen atoms in total. The van der Waals surface area contributed by atoms with Crippen molar-refractivity contribution in [3.05, 3.63) is 51.6 Å². The molecule has 17 heavy (non-hydrogen) atoms. The van der Waals surface area contributed by atoms with Gasteiger partial charge in [-0.15, -0.1) is 11.6 Å². The molecule has 4 heteroatoms. The lowest BCUT2D eigenvalue weighted by molar-refractivity contribution is 0.499. The van der Waals surface area contributed by atoms with Gasteiger partial charge < -0.3 is 4.42 Å². The summed E-state index contributed by atoms with van der Waals surface area (Å²) < 4.78 is 4.97. The molecule has 0 unspecified atom stereocenters. The fraction of sp³-hybridized carbons (Fsp3) is 0.308. The first-order valence-electron chi connectivity index (χ1n) is 5.31. The summed E-state index contributed by atoms with van der Waals surface area (Å²) in [5.41, 5.74) is 1.01. The second kappa shape index (κ2) is 6.82. The van der Waals surface area contributed by atoms with Gasteiger partial charge in [0.25, 0.3) is 0 Å². The lowest BCUT2D eigenvalue weighted by atomic mass is 10.2. The Kier molecular flexibility index (Phi) is 5.72. The number of alkyl halides is 2. The van der Waals surface area contributed by atoms with Crippen molar-refractivity contribution >= 4 is 33.6 Å². The number of allylic oxidation sites excluding steroid dienone is 3. The molecule has 0 fully saturated rings. The van der Waals surface area contributed by atoms with Gasteiger partial charge in [0.05, 0.1) is 0 Å². The summed E-state index contributed by atoms with van der Waals surface area (Å²) in [6.45, 7) is 4.07. The van der Waals surface area contributed by atoms with E-state index in [1.807, 2.05) is 13.0 Å². The van der Waals surface area contributed by atoms with Crippen molar-refractivity contribution in [3.8, 4) is 0 Å². The van der Waals surface area contributed by atoms with Gasteiger partial charge in [0.1, 0.15) is 15.8 Å². The van der Waals surface area contributed by atoms with E-state index < -0.39 is 4.29 Å². The normalized spacial score (nSPS) is 14.2. The molecule has 0 saturated heterocycles. The quantitative estimate of drug-likeness (QED) is 0.598. The van der Waals surface area contributed by atoms with Gasteiger partial charge in [-0.3, -0.25) is 4.79 Å². The van der Waals surface area contributed by atoms with Crippen molar-refractivity contribution in [1.29, 1.82) is 0 Å². The van der Waals surface area contributed by atoms with Crippen LogP contribution in [0.5, 0.6) is 0 Å². The van der Waals surface area contributed by atoms with Crippen LogP contribution >= 0.6 is 27.5 Å². The Balaban J connectivity index is 2.99. The van der Waals surface area contributed by atoms with Crippen LogP contribution in [-0.4, -0.2) is 0 Å². The summed E-state index contributed by atoms with van der Waals surface area (Å²) in [5.74, 6) is 0.914. The number of rotatable bonds is 4. The summed E-state index contributed by atoms with van der Waals surface area (Å²) >= 11 is 8.96. The average molecular weight is 318 g/mol. The lowest BCUT2D eigenvalue weighted by Gasteiger charge is -2.01. The zero-order valence-corrected chi connectivity index (χ0v) is 12.1. The van der Waals surface area contributed by atoms with Crippen molar-refractivity contribution in [3.63, 3.8) is 0 Å². The van der Waals surface area contributed by atoms with Crippen LogP contribution in [0.25, 0.3) is 6.08 Å². The van der Waals surface area contributed by atoms with Gasteiger partial charge >= 0.3 is 0 Å². The van der Waals surface area contributed by atoms with E-state index in [4.69, 9.17) is 16.0 Å². The van der Waals surface area contributed by atoms with Gasteiger partial charge in [0.2, 0.25) is 0 Å². The smallest absolute Gasteiger partial charge is 0.185 e. The van der Waals surface area contributed by atoms with Crippen molar-refractivity contribution in [2.24, 2.45) is 0 Å². The summed E-state index contributed by atoms with van der Waals surface area (Å²) in [7, 11) is 0. The monoisotopic (exact) mass is 316 g/mol. The maximum Gasteiger partial charge on any atom is 0.185 e. The Labute approximate surface area is 114 Å². The summed E-state index contributed by atoms with van der Waals surface area (Å²) in [5, 5.41) is 0. The molecule has 0 aliphatic carbocycles. The molecule has 0 radical (unpaired) electrons. The molecule has 0 aromatic carbocycles. The Bertz CT molecular complexity index is 486. The third-order valence-electron chi connectivity index (χ3n) is 2.06. The molecule has 1 aromatic heterocycles. The van der Waals surface area contributed by atoms with E-state index in [9.17, 15) is 4.79 Å². The van der Waals surface area contributed by atoms with E-state index in [2.05, 4.69) is 28.9 Å². The largest absolute Gasteiger partial charge is 0.459 e. The second-order valence-electron chi connectivity index (χ2n) is 3.59. The minimum Gasteiger partial charge on any atom is -0.459 e. The topological polar surface area (TPSA) is 30.2 Å². The van der Waals surface area contributed by atoms with E-state index in [1.165, 1.54) is 12.1 Å². The maximum atomic E-state index is 11.4. The summed E-state index contributed by atoms with van der Waals surface area (Å²) in [6.07, 6.45) is 6.74. The van der Waals surface area contributed by atoms with Gasteiger partial charge in [-0.1, -0.05) is 40.6 Å². The molecule has 0 saturated carbocycles. The van der Waals surface area contributed by atoms with Crippen molar-refractivity contribution in [2.45, 2.75) is 24.6 Å². The van der Waals surface area contributed by atoms with E-state index in [1.54, 1.807) is 6.08 Å². The zero-order valence-electron chi connectivity index (χ0n) is 9.74.